The molecule has 0 saturated carbocycles. The first kappa shape index (κ1) is 8.13. The van der Waals surface area contributed by atoms with Gasteiger partial charge in [0.15, 0.2) is 0 Å². The molecule has 0 unspecified atom stereocenters. The molecule has 0 saturated heterocycles. The van der Waals surface area contributed by atoms with Crippen LogP contribution in [-0.2, 0) is 6.42 Å². The van der Waals surface area contributed by atoms with Gasteiger partial charge in [-0.25, -0.2) is 0 Å². The number of rotatable bonds is 2. The second-order valence-corrected chi connectivity index (χ2v) is 2.88. The van der Waals surface area contributed by atoms with Crippen LogP contribution >= 0.6 is 0 Å². The fourth-order valence-corrected chi connectivity index (χ4v) is 1.43. The Morgan fingerprint density at radius 3 is 2.85 bits per heavy atom. The highest BCUT2D eigenvalue weighted by Gasteiger charge is 1.99. The zero-order chi connectivity index (χ0) is 9.10. The lowest BCUT2D eigenvalue weighted by Crippen LogP contribution is -1.92. The van der Waals surface area contributed by atoms with Gasteiger partial charge in [-0.3, -0.25) is 0 Å². The van der Waals surface area contributed by atoms with E-state index in [1.807, 2.05) is 18.2 Å². The molecule has 0 aliphatic carbocycles. The summed E-state index contributed by atoms with van der Waals surface area (Å²) in [5, 5.41) is 18.6. The van der Waals surface area contributed by atoms with Gasteiger partial charge in [0.1, 0.15) is 0 Å². The van der Waals surface area contributed by atoms with Crippen LogP contribution < -0.4 is 0 Å². The van der Waals surface area contributed by atoms with Crippen LogP contribution in [0.2, 0.25) is 0 Å². The summed E-state index contributed by atoms with van der Waals surface area (Å²) in [6.07, 6.45) is 4.14. The van der Waals surface area contributed by atoms with Gasteiger partial charge in [-0.05, 0) is 12.0 Å². The third-order valence-corrected chi connectivity index (χ3v) is 2.06. The molecule has 0 fully saturated rings. The minimum atomic E-state index is 0.168. The molecule has 0 aliphatic rings. The molecule has 3 heteroatoms. The van der Waals surface area contributed by atoms with Gasteiger partial charge >= 0.3 is 0 Å². The van der Waals surface area contributed by atoms with Crippen LogP contribution in [0.25, 0.3) is 10.8 Å². The van der Waals surface area contributed by atoms with Gasteiger partial charge in [-0.1, -0.05) is 18.2 Å². The molecule has 13 heavy (non-hydrogen) atoms. The van der Waals surface area contributed by atoms with Gasteiger partial charge in [0.2, 0.25) is 0 Å². The minimum Gasteiger partial charge on any atom is -0.396 e. The predicted molar refractivity (Wildman–Crippen MR) is 50.3 cm³/mol. The summed E-state index contributed by atoms with van der Waals surface area (Å²) in [7, 11) is 0. The van der Waals surface area contributed by atoms with Crippen LogP contribution in [0.15, 0.2) is 30.6 Å². The number of hydrogen-bond acceptors (Lipinski definition) is 3. The number of nitrogens with zero attached hydrogens (tertiary/aromatic N) is 2. The van der Waals surface area contributed by atoms with Crippen molar-refractivity contribution in [3.05, 3.63) is 36.2 Å². The first-order valence-electron chi connectivity index (χ1n) is 4.21. The fourth-order valence-electron chi connectivity index (χ4n) is 1.43. The molecule has 0 aliphatic heterocycles. The van der Waals surface area contributed by atoms with Crippen molar-refractivity contribution in [2.24, 2.45) is 0 Å². The third kappa shape index (κ3) is 1.51. The average molecular weight is 174 g/mol. The number of aromatic nitrogens is 2. The molecule has 0 bridgehead atoms. The molecule has 2 aromatic rings. The molecule has 1 aromatic heterocycles. The molecule has 0 spiro atoms. The van der Waals surface area contributed by atoms with Gasteiger partial charge in [-0.2, -0.15) is 10.2 Å². The van der Waals surface area contributed by atoms with Crippen molar-refractivity contribution in [2.75, 3.05) is 6.61 Å². The maximum absolute atomic E-state index is 8.84. The van der Waals surface area contributed by atoms with Crippen molar-refractivity contribution in [1.29, 1.82) is 0 Å². The SMILES string of the molecule is OCCc1cccc2cnncc12. The normalized spacial score (nSPS) is 10.5. The Labute approximate surface area is 76.0 Å². The number of fused-ring (bicyclic) bond motifs is 1. The van der Waals surface area contributed by atoms with E-state index in [2.05, 4.69) is 10.2 Å². The second-order valence-electron chi connectivity index (χ2n) is 2.88. The molecule has 3 nitrogen and oxygen atoms in total. The van der Waals surface area contributed by atoms with E-state index in [1.165, 1.54) is 0 Å². The standard InChI is InChI=1S/C10H10N2O/c13-5-4-8-2-1-3-9-6-11-12-7-10(8)9/h1-3,6-7,13H,4-5H2. The first-order chi connectivity index (χ1) is 6.42. The van der Waals surface area contributed by atoms with E-state index in [4.69, 9.17) is 5.11 Å². The molecule has 2 rings (SSSR count). The largest absolute Gasteiger partial charge is 0.396 e. The van der Waals surface area contributed by atoms with Crippen molar-refractivity contribution < 1.29 is 5.11 Å². The Morgan fingerprint density at radius 1 is 1.15 bits per heavy atom. The molecule has 0 amide bonds. The lowest BCUT2D eigenvalue weighted by molar-refractivity contribution is 0.300. The molecule has 1 N–H and O–H groups in total. The highest BCUT2D eigenvalue weighted by molar-refractivity contribution is 5.83. The van der Waals surface area contributed by atoms with Crippen molar-refractivity contribution in [1.82, 2.24) is 10.2 Å². The number of aliphatic hydroxyl groups excluding tert-OH is 1. The van der Waals surface area contributed by atoms with Crippen molar-refractivity contribution in [3.8, 4) is 0 Å². The maximum atomic E-state index is 8.84. The van der Waals surface area contributed by atoms with Crippen LogP contribution in [0.4, 0.5) is 0 Å². The van der Waals surface area contributed by atoms with Crippen LogP contribution in [0.1, 0.15) is 5.56 Å². The van der Waals surface area contributed by atoms with Crippen molar-refractivity contribution in [2.45, 2.75) is 6.42 Å². The monoisotopic (exact) mass is 174 g/mol. The summed E-state index contributed by atoms with van der Waals surface area (Å²) in [6, 6.07) is 5.96. The number of aliphatic hydroxyl groups is 1. The van der Waals surface area contributed by atoms with Crippen LogP contribution in [-0.4, -0.2) is 21.9 Å². The molecule has 66 valence electrons. The summed E-state index contributed by atoms with van der Waals surface area (Å²) < 4.78 is 0. The highest BCUT2D eigenvalue weighted by Crippen LogP contribution is 2.16. The van der Waals surface area contributed by atoms with E-state index in [-0.39, 0.29) is 6.61 Å². The van der Waals surface area contributed by atoms with Crippen molar-refractivity contribution in [3.63, 3.8) is 0 Å². The lowest BCUT2D eigenvalue weighted by atomic mass is 10.1. The molecule has 1 heterocycles. The molecular formula is C10H10N2O. The zero-order valence-electron chi connectivity index (χ0n) is 7.14. The fraction of sp³-hybridized carbons (Fsp3) is 0.200. The Hall–Kier alpha value is -1.48. The molecule has 0 radical (unpaired) electrons. The van der Waals surface area contributed by atoms with Crippen LogP contribution in [0.3, 0.4) is 0 Å². The quantitative estimate of drug-likeness (QED) is 0.743. The summed E-state index contributed by atoms with van der Waals surface area (Å²) >= 11 is 0. The summed E-state index contributed by atoms with van der Waals surface area (Å²) in [5.41, 5.74) is 1.12. The first-order valence-corrected chi connectivity index (χ1v) is 4.21. The van der Waals surface area contributed by atoms with E-state index >= 15 is 0 Å². The van der Waals surface area contributed by atoms with E-state index in [1.54, 1.807) is 12.4 Å². The van der Waals surface area contributed by atoms with Gasteiger partial charge in [0.05, 0.1) is 12.4 Å². The summed E-state index contributed by atoms with van der Waals surface area (Å²) in [4.78, 5) is 0. The van der Waals surface area contributed by atoms with Crippen LogP contribution in [0.5, 0.6) is 0 Å². The predicted octanol–water partition coefficient (Wildman–Crippen LogP) is 1.16. The minimum absolute atomic E-state index is 0.168. The molecule has 0 atom stereocenters. The molecular weight excluding hydrogens is 164 g/mol. The van der Waals surface area contributed by atoms with Crippen molar-refractivity contribution >= 4 is 10.8 Å². The van der Waals surface area contributed by atoms with E-state index < -0.39 is 0 Å². The van der Waals surface area contributed by atoms with E-state index in [9.17, 15) is 0 Å². The third-order valence-electron chi connectivity index (χ3n) is 2.06. The van der Waals surface area contributed by atoms with Crippen LogP contribution in [0, 0.1) is 0 Å². The Kier molecular flexibility index (Phi) is 2.19. The smallest absolute Gasteiger partial charge is 0.0577 e. The highest BCUT2D eigenvalue weighted by atomic mass is 16.2. The Morgan fingerprint density at radius 2 is 2.00 bits per heavy atom. The average Bonchev–Trinajstić information content (AvgIpc) is 2.19. The Bertz CT molecular complexity index is 409. The van der Waals surface area contributed by atoms with E-state index in [0.29, 0.717) is 6.42 Å². The Balaban J connectivity index is 2.61. The molecule has 1 aromatic carbocycles. The second kappa shape index (κ2) is 3.49. The maximum Gasteiger partial charge on any atom is 0.0577 e. The summed E-state index contributed by atoms with van der Waals surface area (Å²) in [5.74, 6) is 0. The lowest BCUT2D eigenvalue weighted by Gasteiger charge is -2.02. The van der Waals surface area contributed by atoms with Gasteiger partial charge in [0, 0.05) is 17.4 Å². The van der Waals surface area contributed by atoms with Gasteiger partial charge in [-0.15, -0.1) is 0 Å². The van der Waals surface area contributed by atoms with Gasteiger partial charge < -0.3 is 5.11 Å². The topological polar surface area (TPSA) is 46.0 Å². The zero-order valence-corrected chi connectivity index (χ0v) is 7.14. The number of hydrogen-bond donors (Lipinski definition) is 1. The van der Waals surface area contributed by atoms with E-state index in [0.717, 1.165) is 16.3 Å². The van der Waals surface area contributed by atoms with Gasteiger partial charge in [0.25, 0.3) is 0 Å². The summed E-state index contributed by atoms with van der Waals surface area (Å²) in [6.45, 7) is 0.168. The number of benzene rings is 1.